The van der Waals surface area contributed by atoms with Crippen LogP contribution < -0.4 is 72.0 Å². The first-order valence-electron chi connectivity index (χ1n) is 27.6. The highest BCUT2D eigenvalue weighted by Crippen LogP contribution is 2.18. The molecule has 0 saturated carbocycles. The van der Waals surface area contributed by atoms with Gasteiger partial charge in [0.15, 0.2) is 0 Å². The Bertz CT molecular complexity index is 3400. The molecule has 0 aliphatic rings. The van der Waals surface area contributed by atoms with Crippen LogP contribution in [-0.2, 0) is 78.5 Å². The van der Waals surface area contributed by atoms with Gasteiger partial charge in [-0.1, -0.05) is 91.9 Å². The molecule has 21 nitrogen and oxygen atoms in total. The van der Waals surface area contributed by atoms with Crippen molar-refractivity contribution in [3.05, 3.63) is 209 Å². The zero-order valence-corrected chi connectivity index (χ0v) is 47.0. The lowest BCUT2D eigenvalue weighted by Gasteiger charge is -2.28. The number of nitrogens with two attached hydrogens (primary N) is 7. The summed E-state index contributed by atoms with van der Waals surface area (Å²) in [4.78, 5) is 101. The second-order valence-electron chi connectivity index (χ2n) is 21.2. The largest absolute Gasteiger partial charge is 0.480 e. The van der Waals surface area contributed by atoms with Gasteiger partial charge in [0, 0.05) is 84.3 Å². The van der Waals surface area contributed by atoms with Crippen LogP contribution in [0.25, 0.3) is 0 Å². The normalized spacial score (nSPS) is 13.5. The molecule has 0 spiro atoms. The number of hydrogen-bond acceptors (Lipinski definition) is 14. The van der Waals surface area contributed by atoms with E-state index in [9.17, 15) is 29.1 Å². The van der Waals surface area contributed by atoms with Crippen molar-refractivity contribution in [2.45, 2.75) is 88.1 Å². The molecule has 0 fully saturated rings. The van der Waals surface area contributed by atoms with Gasteiger partial charge in [-0.3, -0.25) is 28.8 Å². The quantitative estimate of drug-likeness (QED) is 0.0328. The van der Waals surface area contributed by atoms with Crippen LogP contribution in [0.1, 0.15) is 45.9 Å². The number of nitrogens with one attached hydrogen (secondary N) is 6. The van der Waals surface area contributed by atoms with E-state index in [0.29, 0.717) is 79.6 Å². The summed E-state index contributed by atoms with van der Waals surface area (Å²) in [6.07, 6.45) is -0.299. The third-order valence-electron chi connectivity index (χ3n) is 14.3. The number of amides is 6. The molecule has 0 radical (unpaired) electrons. The highest BCUT2D eigenvalue weighted by Gasteiger charge is 2.35. The molecule has 7 aromatic rings. The number of carboxylic acid groups (broad SMARTS) is 1. The van der Waals surface area contributed by atoms with Crippen LogP contribution in [0.3, 0.4) is 0 Å². The van der Waals surface area contributed by atoms with Gasteiger partial charge in [0.05, 0.1) is 0 Å². The van der Waals surface area contributed by atoms with E-state index in [2.05, 4.69) is 31.9 Å². The molecule has 0 aliphatic heterocycles. The molecule has 21 N–H and O–H groups in total. The first kappa shape index (κ1) is 62.0. The van der Waals surface area contributed by atoms with Gasteiger partial charge in [0.25, 0.3) is 0 Å². The van der Waals surface area contributed by atoms with Gasteiger partial charge < -0.3 is 77.1 Å². The summed E-state index contributed by atoms with van der Waals surface area (Å²) in [7, 11) is 0. The predicted molar refractivity (Wildman–Crippen MR) is 330 cm³/mol. The van der Waals surface area contributed by atoms with Crippen molar-refractivity contribution >= 4 is 81.2 Å². The average Bonchev–Trinajstić information content (AvgIpc) is 3.67. The summed E-state index contributed by atoms with van der Waals surface area (Å²) in [5, 5.41) is 27.1. The molecule has 442 valence electrons. The Morgan fingerprint density at radius 3 is 0.612 bits per heavy atom. The highest BCUT2D eigenvalue weighted by atomic mass is 16.4. The lowest BCUT2D eigenvalue weighted by Crippen LogP contribution is -2.61. The van der Waals surface area contributed by atoms with Crippen LogP contribution in [0, 0.1) is 5.92 Å². The molecule has 0 aromatic heterocycles. The predicted octanol–water partition coefficient (Wildman–Crippen LogP) is 3.39. The molecule has 7 unspecified atom stereocenters. The van der Waals surface area contributed by atoms with Crippen LogP contribution in [0.15, 0.2) is 170 Å². The number of hydrogen-bond donors (Lipinski definition) is 14. The van der Waals surface area contributed by atoms with E-state index in [1.807, 2.05) is 12.1 Å². The minimum absolute atomic E-state index is 0.00847. The minimum atomic E-state index is -1.45. The smallest absolute Gasteiger partial charge is 0.326 e. The Hall–Kier alpha value is -10.6. The van der Waals surface area contributed by atoms with Crippen molar-refractivity contribution in [3.63, 3.8) is 0 Å². The van der Waals surface area contributed by atoms with E-state index in [1.165, 1.54) is 0 Å². The maximum Gasteiger partial charge on any atom is 0.326 e. The third-order valence-corrected chi connectivity index (χ3v) is 14.3. The molecule has 0 bridgehead atoms. The number of carbonyl (C=O) groups excluding carboxylic acids is 6. The van der Waals surface area contributed by atoms with E-state index in [1.54, 1.807) is 165 Å². The summed E-state index contributed by atoms with van der Waals surface area (Å²) >= 11 is 0. The Kier molecular flexibility index (Phi) is 21.5. The SMILES string of the molecule is CC(Cc1ccc(N)cc1)C(=O)NC(Cc1ccc(N)cc1)C(=O)NC(Cc1ccc(N)cc1)C(=O)NC(Cc1ccc(N)cc1)C(=O)NC(Cc1ccc(N)cc1)C(=O)NC(Cc1ccc(N)cc1)C(=O)NC(Cc1ccc(N)cc1)C(=O)O. The lowest BCUT2D eigenvalue weighted by molar-refractivity contribution is -0.142. The van der Waals surface area contributed by atoms with Crippen LogP contribution in [0.5, 0.6) is 0 Å². The highest BCUT2D eigenvalue weighted by molar-refractivity contribution is 5.97. The van der Waals surface area contributed by atoms with Crippen molar-refractivity contribution in [2.75, 3.05) is 40.1 Å². The molecule has 7 atom stereocenters. The topological polar surface area (TPSA) is 394 Å². The van der Waals surface area contributed by atoms with Gasteiger partial charge in [-0.2, -0.15) is 0 Å². The molecule has 7 rings (SSSR count). The van der Waals surface area contributed by atoms with Crippen molar-refractivity contribution < 1.29 is 38.7 Å². The fourth-order valence-electron chi connectivity index (χ4n) is 9.36. The summed E-state index contributed by atoms with van der Waals surface area (Å²) in [5.41, 5.74) is 49.5. The van der Waals surface area contributed by atoms with Gasteiger partial charge in [0.1, 0.15) is 36.3 Å². The van der Waals surface area contributed by atoms with Gasteiger partial charge in [-0.15, -0.1) is 0 Å². The fourth-order valence-corrected chi connectivity index (χ4v) is 9.36. The van der Waals surface area contributed by atoms with Gasteiger partial charge in [-0.25, -0.2) is 4.79 Å². The molecule has 0 heterocycles. The molecule has 85 heavy (non-hydrogen) atoms. The second-order valence-corrected chi connectivity index (χ2v) is 21.2. The number of anilines is 7. The molecular formula is C64H73N13O8. The first-order valence-corrected chi connectivity index (χ1v) is 27.6. The van der Waals surface area contributed by atoms with E-state index in [0.717, 1.165) is 5.56 Å². The van der Waals surface area contributed by atoms with Crippen molar-refractivity contribution in [1.29, 1.82) is 0 Å². The summed E-state index contributed by atoms with van der Waals surface area (Å²) in [6.45, 7) is 1.73. The van der Waals surface area contributed by atoms with Crippen molar-refractivity contribution in [1.82, 2.24) is 31.9 Å². The molecule has 0 aliphatic carbocycles. The van der Waals surface area contributed by atoms with Gasteiger partial charge >= 0.3 is 5.97 Å². The molecular weight excluding hydrogens is 1080 g/mol. The maximum atomic E-state index is 15.1. The lowest BCUT2D eigenvalue weighted by atomic mass is 9.98. The molecule has 6 amide bonds. The monoisotopic (exact) mass is 1150 g/mol. The van der Waals surface area contributed by atoms with Crippen LogP contribution in [0.4, 0.5) is 39.8 Å². The molecule has 7 aromatic carbocycles. The molecule has 0 saturated heterocycles. The number of aliphatic carboxylic acids is 1. The zero-order valence-electron chi connectivity index (χ0n) is 47.0. The summed E-state index contributed by atoms with van der Waals surface area (Å²) in [6, 6.07) is 38.4. The summed E-state index contributed by atoms with van der Waals surface area (Å²) in [5.74, 6) is -6.39. The van der Waals surface area contributed by atoms with Crippen LogP contribution >= 0.6 is 0 Å². The molecule has 21 heteroatoms. The minimum Gasteiger partial charge on any atom is -0.480 e. The van der Waals surface area contributed by atoms with Crippen LogP contribution in [0.2, 0.25) is 0 Å². The fraction of sp³-hybridized carbons (Fsp3) is 0.234. The zero-order chi connectivity index (χ0) is 61.2. The number of benzene rings is 7. The Morgan fingerprint density at radius 1 is 0.271 bits per heavy atom. The number of carboxylic acids is 1. The number of rotatable bonds is 27. The van der Waals surface area contributed by atoms with Gasteiger partial charge in [0.2, 0.25) is 35.4 Å². The Morgan fingerprint density at radius 2 is 0.424 bits per heavy atom. The number of carbonyl (C=O) groups is 7. The van der Waals surface area contributed by atoms with Crippen molar-refractivity contribution in [3.8, 4) is 0 Å². The third kappa shape index (κ3) is 19.3. The maximum absolute atomic E-state index is 15.1. The Balaban J connectivity index is 1.19. The van der Waals surface area contributed by atoms with E-state index in [-0.39, 0.29) is 38.5 Å². The van der Waals surface area contributed by atoms with Crippen LogP contribution in [-0.4, -0.2) is 82.8 Å². The standard InChI is InChI=1S/C64H73N13O8/c1-37(30-38-2-16-45(65)17-3-38)58(78)72-52(31-39-4-18-46(66)19-5-39)59(79)73-53(32-40-6-20-47(67)21-7-40)60(80)74-54(33-41-8-22-48(68)23-9-41)61(81)75-55(34-42-10-24-49(69)25-11-42)62(82)76-56(35-43-12-26-50(70)27-13-43)63(83)77-57(64(84)85)36-44-14-28-51(71)29-15-44/h2-29,37,52-57H,30-36,65-71H2,1H3,(H,72,78)(H,73,79)(H,74,80)(H,75,81)(H,76,82)(H,77,83)(H,84,85). The Labute approximate surface area is 492 Å². The van der Waals surface area contributed by atoms with Gasteiger partial charge in [-0.05, 0) is 130 Å². The van der Waals surface area contributed by atoms with E-state index < -0.39 is 83.6 Å². The van der Waals surface area contributed by atoms with E-state index in [4.69, 9.17) is 40.1 Å². The number of nitrogen functional groups attached to an aromatic ring is 7. The first-order chi connectivity index (χ1) is 40.6. The average molecular weight is 1150 g/mol. The van der Waals surface area contributed by atoms with Crippen molar-refractivity contribution in [2.24, 2.45) is 5.92 Å². The second kappa shape index (κ2) is 29.4. The van der Waals surface area contributed by atoms with E-state index >= 15 is 9.59 Å². The summed E-state index contributed by atoms with van der Waals surface area (Å²) < 4.78 is 0.